The van der Waals surface area contributed by atoms with Crippen LogP contribution in [0.4, 0.5) is 0 Å². The van der Waals surface area contributed by atoms with Gasteiger partial charge in [0, 0.05) is 6.26 Å². The zero-order chi connectivity index (χ0) is 9.57. The maximum atomic E-state index is 10.9. The summed E-state index contributed by atoms with van der Waals surface area (Å²) in [4.78, 5) is 10.5. The summed E-state index contributed by atoms with van der Waals surface area (Å²) in [5.41, 5.74) is -1.42. The minimum absolute atomic E-state index is 0.0255. The highest BCUT2D eigenvalue weighted by Gasteiger charge is 2.65. The topological polar surface area (TPSA) is 91.7 Å². The van der Waals surface area contributed by atoms with E-state index >= 15 is 0 Å². The van der Waals surface area contributed by atoms with Crippen LogP contribution in [0.25, 0.3) is 0 Å². The fraction of sp³-hybridized carbons (Fsp3) is 0.833. The number of aliphatic hydroxyl groups is 1. The van der Waals surface area contributed by atoms with Gasteiger partial charge >= 0.3 is 5.97 Å². The lowest BCUT2D eigenvalue weighted by Crippen LogP contribution is -2.26. The molecule has 0 bridgehead atoms. The van der Waals surface area contributed by atoms with Gasteiger partial charge in [0.25, 0.3) is 0 Å². The smallest absolute Gasteiger partial charge is 0.313 e. The predicted octanol–water partition coefficient (Wildman–Crippen LogP) is -1.13. The first-order chi connectivity index (χ1) is 5.34. The zero-order valence-corrected chi connectivity index (χ0v) is 7.34. The molecule has 2 atom stereocenters. The molecule has 1 saturated carbocycles. The lowest BCUT2D eigenvalue weighted by atomic mass is 10.1. The Kier molecular flexibility index (Phi) is 1.92. The van der Waals surface area contributed by atoms with Crippen molar-refractivity contribution in [1.82, 2.24) is 0 Å². The third-order valence-electron chi connectivity index (χ3n) is 2.23. The molecule has 0 aromatic rings. The van der Waals surface area contributed by atoms with E-state index in [1.807, 2.05) is 0 Å². The molecule has 70 valence electrons. The van der Waals surface area contributed by atoms with Crippen molar-refractivity contribution in [3.05, 3.63) is 0 Å². The highest BCUT2D eigenvalue weighted by Crippen LogP contribution is 2.50. The van der Waals surface area contributed by atoms with Crippen LogP contribution in [0.3, 0.4) is 0 Å². The molecule has 1 aliphatic carbocycles. The standard InChI is InChI=1S/C6H10O5S/c1-12(10,11)4-2-6(4,3-7)5(8)9/h4,7H,2-3H2,1H3,(H,8,9)/t4-,6+/m1/s1. The van der Waals surface area contributed by atoms with E-state index in [2.05, 4.69) is 0 Å². The van der Waals surface area contributed by atoms with Crippen LogP contribution in [-0.4, -0.2) is 42.7 Å². The number of sulfone groups is 1. The second-order valence-corrected chi connectivity index (χ2v) is 5.37. The Morgan fingerprint density at radius 3 is 2.25 bits per heavy atom. The highest BCUT2D eigenvalue weighted by atomic mass is 32.2. The molecule has 1 aliphatic rings. The van der Waals surface area contributed by atoms with Gasteiger partial charge < -0.3 is 10.2 Å². The van der Waals surface area contributed by atoms with Crippen LogP contribution in [0.5, 0.6) is 0 Å². The number of aliphatic hydroxyl groups excluding tert-OH is 1. The molecular weight excluding hydrogens is 184 g/mol. The second-order valence-electron chi connectivity index (χ2n) is 3.14. The van der Waals surface area contributed by atoms with Crippen LogP contribution >= 0.6 is 0 Å². The largest absolute Gasteiger partial charge is 0.481 e. The number of hydrogen-bond acceptors (Lipinski definition) is 4. The van der Waals surface area contributed by atoms with Crippen LogP contribution in [-0.2, 0) is 14.6 Å². The number of rotatable bonds is 3. The molecule has 0 radical (unpaired) electrons. The van der Waals surface area contributed by atoms with Gasteiger partial charge in [-0.05, 0) is 6.42 Å². The number of aliphatic carboxylic acids is 1. The highest BCUT2D eigenvalue weighted by molar-refractivity contribution is 7.91. The summed E-state index contributed by atoms with van der Waals surface area (Å²) in [6.07, 6.45) is 1.01. The summed E-state index contributed by atoms with van der Waals surface area (Å²) in [6.45, 7) is -0.611. The third-order valence-corrected chi connectivity index (χ3v) is 3.88. The number of hydrogen-bond donors (Lipinski definition) is 2. The molecule has 6 heteroatoms. The van der Waals surface area contributed by atoms with Gasteiger partial charge in [-0.1, -0.05) is 0 Å². The summed E-state index contributed by atoms with van der Waals surface area (Å²) in [5, 5.41) is 16.4. The first kappa shape index (κ1) is 9.47. The summed E-state index contributed by atoms with van der Waals surface area (Å²) in [6, 6.07) is 0. The molecule has 0 aromatic heterocycles. The summed E-state index contributed by atoms with van der Waals surface area (Å²) in [7, 11) is -3.34. The molecule has 0 heterocycles. The van der Waals surface area contributed by atoms with E-state index in [0.717, 1.165) is 6.26 Å². The average Bonchev–Trinajstić information content (AvgIpc) is 2.60. The molecule has 0 aromatic carbocycles. The van der Waals surface area contributed by atoms with Crippen molar-refractivity contribution >= 4 is 15.8 Å². The van der Waals surface area contributed by atoms with E-state index in [0.29, 0.717) is 0 Å². The minimum Gasteiger partial charge on any atom is -0.481 e. The average molecular weight is 194 g/mol. The SMILES string of the molecule is CS(=O)(=O)[C@@H]1C[C@@]1(CO)C(=O)O. The van der Waals surface area contributed by atoms with Gasteiger partial charge in [-0.3, -0.25) is 4.79 Å². The lowest BCUT2D eigenvalue weighted by molar-refractivity contribution is -0.144. The lowest BCUT2D eigenvalue weighted by Gasteiger charge is -2.05. The van der Waals surface area contributed by atoms with E-state index in [9.17, 15) is 13.2 Å². The Labute approximate surface area is 69.9 Å². The van der Waals surface area contributed by atoms with Gasteiger partial charge in [0.2, 0.25) is 0 Å². The molecule has 0 spiro atoms. The zero-order valence-electron chi connectivity index (χ0n) is 6.52. The maximum Gasteiger partial charge on any atom is 0.313 e. The molecular formula is C6H10O5S. The van der Waals surface area contributed by atoms with E-state index < -0.39 is 33.1 Å². The minimum atomic E-state index is -3.34. The third kappa shape index (κ3) is 1.21. The quantitative estimate of drug-likeness (QED) is 0.593. The predicted molar refractivity (Wildman–Crippen MR) is 40.4 cm³/mol. The van der Waals surface area contributed by atoms with Crippen LogP contribution in [0.2, 0.25) is 0 Å². The van der Waals surface area contributed by atoms with Crippen molar-refractivity contribution in [3.63, 3.8) is 0 Å². The van der Waals surface area contributed by atoms with Crippen molar-refractivity contribution in [1.29, 1.82) is 0 Å². The molecule has 1 rings (SSSR count). The molecule has 2 N–H and O–H groups in total. The molecule has 5 nitrogen and oxygen atoms in total. The Bertz CT molecular complexity index is 306. The number of carbonyl (C=O) groups is 1. The van der Waals surface area contributed by atoms with Crippen molar-refractivity contribution in [2.24, 2.45) is 5.41 Å². The summed E-state index contributed by atoms with van der Waals surface area (Å²) >= 11 is 0. The van der Waals surface area contributed by atoms with Gasteiger partial charge in [-0.25, -0.2) is 8.42 Å². The van der Waals surface area contributed by atoms with Crippen LogP contribution in [0.1, 0.15) is 6.42 Å². The van der Waals surface area contributed by atoms with Crippen molar-refractivity contribution in [2.45, 2.75) is 11.7 Å². The van der Waals surface area contributed by atoms with Crippen LogP contribution in [0.15, 0.2) is 0 Å². The molecule has 0 aliphatic heterocycles. The van der Waals surface area contributed by atoms with E-state index in [1.165, 1.54) is 0 Å². The van der Waals surface area contributed by atoms with E-state index in [-0.39, 0.29) is 6.42 Å². The molecule has 1 fully saturated rings. The first-order valence-corrected chi connectivity index (χ1v) is 5.33. The summed E-state index contributed by atoms with van der Waals surface area (Å²) < 4.78 is 21.8. The normalized spacial score (nSPS) is 34.7. The molecule has 0 saturated heterocycles. The molecule has 0 unspecified atom stereocenters. The maximum absolute atomic E-state index is 10.9. The molecule has 0 amide bonds. The van der Waals surface area contributed by atoms with E-state index in [1.54, 1.807) is 0 Å². The number of carboxylic acid groups (broad SMARTS) is 1. The van der Waals surface area contributed by atoms with Gasteiger partial charge in [0.15, 0.2) is 9.84 Å². The van der Waals surface area contributed by atoms with Crippen LogP contribution in [0, 0.1) is 5.41 Å². The fourth-order valence-electron chi connectivity index (χ4n) is 1.29. The second kappa shape index (κ2) is 2.43. The fourth-order valence-corrected chi connectivity index (χ4v) is 2.89. The monoisotopic (exact) mass is 194 g/mol. The van der Waals surface area contributed by atoms with Crippen molar-refractivity contribution in [3.8, 4) is 0 Å². The van der Waals surface area contributed by atoms with Gasteiger partial charge in [-0.15, -0.1) is 0 Å². The number of carboxylic acids is 1. The Hall–Kier alpha value is -0.620. The van der Waals surface area contributed by atoms with Gasteiger partial charge in [0.1, 0.15) is 5.41 Å². The van der Waals surface area contributed by atoms with Gasteiger partial charge in [-0.2, -0.15) is 0 Å². The van der Waals surface area contributed by atoms with Crippen molar-refractivity contribution < 1.29 is 23.4 Å². The van der Waals surface area contributed by atoms with Crippen molar-refractivity contribution in [2.75, 3.05) is 12.9 Å². The Balaban J connectivity index is 2.89. The Morgan fingerprint density at radius 1 is 1.67 bits per heavy atom. The van der Waals surface area contributed by atoms with Crippen LogP contribution < -0.4 is 0 Å². The van der Waals surface area contributed by atoms with E-state index in [4.69, 9.17) is 10.2 Å². The van der Waals surface area contributed by atoms with Gasteiger partial charge in [0.05, 0.1) is 11.9 Å². The summed E-state index contributed by atoms with van der Waals surface area (Å²) in [5.74, 6) is -1.24. The molecule has 12 heavy (non-hydrogen) atoms. The Morgan fingerprint density at radius 2 is 2.17 bits per heavy atom. The first-order valence-electron chi connectivity index (χ1n) is 3.38.